The number of rotatable bonds is 8. The van der Waals surface area contributed by atoms with Crippen LogP contribution in [0.15, 0.2) is 36.5 Å². The summed E-state index contributed by atoms with van der Waals surface area (Å²) in [4.78, 5) is 0. The molecule has 21 heavy (non-hydrogen) atoms. The first-order chi connectivity index (χ1) is 10.2. The standard InChI is InChI=1S/C17H25N3O/c1-4-14(2)20-11-9-16(19-20)13-18-10-8-15-6-5-7-17(12-15)21-3/h5-7,9,11-12,14,18H,4,8,10,13H2,1-3H3. The molecule has 4 heteroatoms. The van der Waals surface area contributed by atoms with Gasteiger partial charge in [-0.1, -0.05) is 19.1 Å². The highest BCUT2D eigenvalue weighted by Crippen LogP contribution is 2.12. The van der Waals surface area contributed by atoms with Gasteiger partial charge in [-0.15, -0.1) is 0 Å². The van der Waals surface area contributed by atoms with Gasteiger partial charge in [-0.05, 0) is 50.1 Å². The predicted octanol–water partition coefficient (Wildman–Crippen LogP) is 3.20. The van der Waals surface area contributed by atoms with Crippen molar-refractivity contribution in [1.82, 2.24) is 15.1 Å². The van der Waals surface area contributed by atoms with Gasteiger partial charge < -0.3 is 10.1 Å². The number of nitrogens with zero attached hydrogens (tertiary/aromatic N) is 2. The van der Waals surface area contributed by atoms with Gasteiger partial charge in [0.05, 0.1) is 12.8 Å². The van der Waals surface area contributed by atoms with E-state index in [-0.39, 0.29) is 0 Å². The molecule has 0 radical (unpaired) electrons. The molecule has 1 aromatic heterocycles. The third kappa shape index (κ3) is 4.60. The number of nitrogens with one attached hydrogen (secondary N) is 1. The SMILES string of the molecule is CCC(C)n1ccc(CNCCc2cccc(OC)c2)n1. The molecule has 0 saturated carbocycles. The van der Waals surface area contributed by atoms with Crippen LogP contribution < -0.4 is 10.1 Å². The van der Waals surface area contributed by atoms with Gasteiger partial charge in [0.1, 0.15) is 5.75 Å². The van der Waals surface area contributed by atoms with Crippen molar-refractivity contribution in [2.75, 3.05) is 13.7 Å². The van der Waals surface area contributed by atoms with Gasteiger partial charge in [0.2, 0.25) is 0 Å². The number of aromatic nitrogens is 2. The van der Waals surface area contributed by atoms with Crippen molar-refractivity contribution in [3.05, 3.63) is 47.8 Å². The summed E-state index contributed by atoms with van der Waals surface area (Å²) in [6.07, 6.45) is 4.15. The van der Waals surface area contributed by atoms with Crippen molar-refractivity contribution in [2.45, 2.75) is 39.3 Å². The molecule has 0 aliphatic heterocycles. The van der Waals surface area contributed by atoms with Crippen LogP contribution in [-0.2, 0) is 13.0 Å². The zero-order chi connectivity index (χ0) is 15.1. The maximum atomic E-state index is 5.23. The molecule has 0 amide bonds. The van der Waals surface area contributed by atoms with Gasteiger partial charge in [0.15, 0.2) is 0 Å². The van der Waals surface area contributed by atoms with E-state index in [4.69, 9.17) is 4.74 Å². The molecule has 0 aliphatic rings. The van der Waals surface area contributed by atoms with Crippen LogP contribution in [0.2, 0.25) is 0 Å². The highest BCUT2D eigenvalue weighted by atomic mass is 16.5. The summed E-state index contributed by atoms with van der Waals surface area (Å²) in [5.74, 6) is 0.916. The Labute approximate surface area is 127 Å². The lowest BCUT2D eigenvalue weighted by Gasteiger charge is -2.08. The van der Waals surface area contributed by atoms with Crippen LogP contribution in [0.3, 0.4) is 0 Å². The molecule has 2 aromatic rings. The Bertz CT molecular complexity index is 550. The lowest BCUT2D eigenvalue weighted by molar-refractivity contribution is 0.414. The smallest absolute Gasteiger partial charge is 0.119 e. The Morgan fingerprint density at radius 2 is 2.19 bits per heavy atom. The molecular weight excluding hydrogens is 262 g/mol. The van der Waals surface area contributed by atoms with E-state index < -0.39 is 0 Å². The van der Waals surface area contributed by atoms with Crippen LogP contribution in [0, 0.1) is 0 Å². The van der Waals surface area contributed by atoms with E-state index in [1.807, 2.05) is 16.8 Å². The zero-order valence-corrected chi connectivity index (χ0v) is 13.2. The highest BCUT2D eigenvalue weighted by Gasteiger charge is 2.04. The normalized spacial score (nSPS) is 12.3. The zero-order valence-electron chi connectivity index (χ0n) is 13.2. The van der Waals surface area contributed by atoms with E-state index >= 15 is 0 Å². The van der Waals surface area contributed by atoms with Crippen LogP contribution >= 0.6 is 0 Å². The fourth-order valence-electron chi connectivity index (χ4n) is 2.18. The van der Waals surface area contributed by atoms with Gasteiger partial charge in [-0.3, -0.25) is 4.68 Å². The first-order valence-electron chi connectivity index (χ1n) is 7.60. The van der Waals surface area contributed by atoms with Crippen LogP contribution in [0.1, 0.15) is 37.6 Å². The number of benzene rings is 1. The number of hydrogen-bond acceptors (Lipinski definition) is 3. The monoisotopic (exact) mass is 287 g/mol. The first-order valence-corrected chi connectivity index (χ1v) is 7.60. The minimum Gasteiger partial charge on any atom is -0.497 e. The van der Waals surface area contributed by atoms with E-state index in [1.54, 1.807) is 7.11 Å². The molecule has 114 valence electrons. The maximum absolute atomic E-state index is 5.23. The van der Waals surface area contributed by atoms with Crippen molar-refractivity contribution in [2.24, 2.45) is 0 Å². The molecule has 0 aliphatic carbocycles. The Morgan fingerprint density at radius 3 is 2.95 bits per heavy atom. The van der Waals surface area contributed by atoms with E-state index in [1.165, 1.54) is 5.56 Å². The maximum Gasteiger partial charge on any atom is 0.119 e. The van der Waals surface area contributed by atoms with Crippen molar-refractivity contribution < 1.29 is 4.74 Å². The molecule has 1 aromatic carbocycles. The van der Waals surface area contributed by atoms with E-state index in [2.05, 4.69) is 48.7 Å². The molecule has 1 heterocycles. The molecule has 4 nitrogen and oxygen atoms in total. The van der Waals surface area contributed by atoms with E-state index in [0.717, 1.165) is 37.4 Å². The fourth-order valence-corrected chi connectivity index (χ4v) is 2.18. The third-order valence-corrected chi connectivity index (χ3v) is 3.74. The van der Waals surface area contributed by atoms with Crippen LogP contribution in [-0.4, -0.2) is 23.4 Å². The Morgan fingerprint density at radius 1 is 1.33 bits per heavy atom. The number of ether oxygens (including phenoxy) is 1. The number of methoxy groups -OCH3 is 1. The first kappa shape index (κ1) is 15.6. The van der Waals surface area contributed by atoms with Crippen LogP contribution in [0.4, 0.5) is 0 Å². The van der Waals surface area contributed by atoms with Crippen molar-refractivity contribution >= 4 is 0 Å². The van der Waals surface area contributed by atoms with Crippen LogP contribution in [0.5, 0.6) is 5.75 Å². The summed E-state index contributed by atoms with van der Waals surface area (Å²) in [6.45, 7) is 6.11. The Kier molecular flexibility index (Phi) is 5.81. The summed E-state index contributed by atoms with van der Waals surface area (Å²) >= 11 is 0. The largest absolute Gasteiger partial charge is 0.497 e. The van der Waals surface area contributed by atoms with Crippen molar-refractivity contribution in [3.8, 4) is 5.75 Å². The van der Waals surface area contributed by atoms with Crippen LogP contribution in [0.25, 0.3) is 0 Å². The topological polar surface area (TPSA) is 39.1 Å². The quantitative estimate of drug-likeness (QED) is 0.758. The molecule has 2 rings (SSSR count). The lowest BCUT2D eigenvalue weighted by atomic mass is 10.1. The molecule has 0 fully saturated rings. The average Bonchev–Trinajstić information content (AvgIpc) is 3.00. The minimum absolute atomic E-state index is 0.468. The Balaban J connectivity index is 1.75. The molecule has 1 unspecified atom stereocenters. The summed E-state index contributed by atoms with van der Waals surface area (Å²) in [5, 5.41) is 8.03. The minimum atomic E-state index is 0.468. The van der Waals surface area contributed by atoms with Gasteiger partial charge in [0.25, 0.3) is 0 Å². The Hall–Kier alpha value is -1.81. The highest BCUT2D eigenvalue weighted by molar-refractivity contribution is 5.28. The van der Waals surface area contributed by atoms with Crippen molar-refractivity contribution in [1.29, 1.82) is 0 Å². The molecule has 0 spiro atoms. The van der Waals surface area contributed by atoms with Crippen molar-refractivity contribution in [3.63, 3.8) is 0 Å². The third-order valence-electron chi connectivity index (χ3n) is 3.74. The fraction of sp³-hybridized carbons (Fsp3) is 0.471. The average molecular weight is 287 g/mol. The molecule has 0 saturated heterocycles. The van der Waals surface area contributed by atoms with Gasteiger partial charge >= 0.3 is 0 Å². The van der Waals surface area contributed by atoms with E-state index in [9.17, 15) is 0 Å². The lowest BCUT2D eigenvalue weighted by Crippen LogP contribution is -2.17. The van der Waals surface area contributed by atoms with Gasteiger partial charge in [0, 0.05) is 18.8 Å². The van der Waals surface area contributed by atoms with Gasteiger partial charge in [-0.2, -0.15) is 5.10 Å². The molecular formula is C17H25N3O. The van der Waals surface area contributed by atoms with Gasteiger partial charge in [-0.25, -0.2) is 0 Å². The summed E-state index contributed by atoms with van der Waals surface area (Å²) < 4.78 is 7.27. The number of hydrogen-bond donors (Lipinski definition) is 1. The summed E-state index contributed by atoms with van der Waals surface area (Å²) in [7, 11) is 1.70. The summed E-state index contributed by atoms with van der Waals surface area (Å²) in [5.41, 5.74) is 2.38. The second-order valence-corrected chi connectivity index (χ2v) is 5.32. The van der Waals surface area contributed by atoms with E-state index in [0.29, 0.717) is 6.04 Å². The predicted molar refractivity (Wildman–Crippen MR) is 85.6 cm³/mol. The molecule has 0 bridgehead atoms. The second kappa shape index (κ2) is 7.84. The summed E-state index contributed by atoms with van der Waals surface area (Å²) in [6, 6.07) is 10.8. The second-order valence-electron chi connectivity index (χ2n) is 5.32. The molecule has 1 atom stereocenters. The molecule has 1 N–H and O–H groups in total.